The predicted molar refractivity (Wildman–Crippen MR) is 116 cm³/mol. The minimum absolute atomic E-state index is 0.0598. The Labute approximate surface area is 171 Å². The van der Waals surface area contributed by atoms with Crippen LogP contribution >= 0.6 is 35.7 Å². The zero-order chi connectivity index (χ0) is 19.1. The molecule has 0 aliphatic rings. The predicted octanol–water partition coefficient (Wildman–Crippen LogP) is 7.00. The number of thiocarbonyl (C=S) groups is 1. The summed E-state index contributed by atoms with van der Waals surface area (Å²) >= 11 is 8.75. The zero-order valence-corrected chi connectivity index (χ0v) is 16.7. The maximum absolute atomic E-state index is 13.2. The van der Waals surface area contributed by atoms with Gasteiger partial charge in [-0.05, 0) is 60.7 Å². The first-order valence-electron chi connectivity index (χ1n) is 8.28. The van der Waals surface area contributed by atoms with Crippen LogP contribution in [0, 0.1) is 11.6 Å². The van der Waals surface area contributed by atoms with E-state index in [4.69, 9.17) is 12.2 Å². The SMILES string of the molecule is Fc1ccc(SC(CC(=S)Nc2ccccc2)Sc2ccc(F)cc2)cc1. The molecule has 138 valence electrons. The van der Waals surface area contributed by atoms with Gasteiger partial charge in [0.05, 0.1) is 9.57 Å². The van der Waals surface area contributed by atoms with Crippen LogP contribution in [0.4, 0.5) is 14.5 Å². The smallest absolute Gasteiger partial charge is 0.123 e. The molecule has 0 aliphatic carbocycles. The van der Waals surface area contributed by atoms with E-state index < -0.39 is 0 Å². The molecule has 6 heteroatoms. The first-order valence-corrected chi connectivity index (χ1v) is 10.4. The molecule has 0 amide bonds. The average molecular weight is 418 g/mol. The van der Waals surface area contributed by atoms with Crippen LogP contribution in [0.3, 0.4) is 0 Å². The lowest BCUT2D eigenvalue weighted by atomic mass is 10.3. The van der Waals surface area contributed by atoms with Crippen LogP contribution in [0.1, 0.15) is 6.42 Å². The van der Waals surface area contributed by atoms with Gasteiger partial charge < -0.3 is 5.32 Å². The Morgan fingerprint density at radius 1 is 0.778 bits per heavy atom. The Balaban J connectivity index is 1.70. The Morgan fingerprint density at radius 3 is 1.74 bits per heavy atom. The molecule has 0 fully saturated rings. The molecule has 0 atom stereocenters. The summed E-state index contributed by atoms with van der Waals surface area (Å²) in [5.74, 6) is -0.522. The third-order valence-corrected chi connectivity index (χ3v) is 6.37. The fourth-order valence-electron chi connectivity index (χ4n) is 2.32. The lowest BCUT2D eigenvalue weighted by molar-refractivity contribution is 0.626. The third-order valence-electron chi connectivity index (χ3n) is 3.57. The van der Waals surface area contributed by atoms with Gasteiger partial charge >= 0.3 is 0 Å². The molecule has 0 saturated heterocycles. The Morgan fingerprint density at radius 2 is 1.26 bits per heavy atom. The molecular weight excluding hydrogens is 400 g/mol. The Kier molecular flexibility index (Phi) is 7.26. The van der Waals surface area contributed by atoms with Crippen molar-refractivity contribution in [1.29, 1.82) is 0 Å². The van der Waals surface area contributed by atoms with Crippen LogP contribution in [0.15, 0.2) is 88.7 Å². The second-order valence-corrected chi connectivity index (χ2v) is 9.03. The van der Waals surface area contributed by atoms with E-state index in [9.17, 15) is 8.78 Å². The quantitative estimate of drug-likeness (QED) is 0.252. The van der Waals surface area contributed by atoms with Crippen molar-refractivity contribution < 1.29 is 8.78 Å². The van der Waals surface area contributed by atoms with E-state index in [1.807, 2.05) is 30.3 Å². The highest BCUT2D eigenvalue weighted by atomic mass is 32.2. The van der Waals surface area contributed by atoms with Crippen molar-refractivity contribution in [3.63, 3.8) is 0 Å². The molecular formula is C21H17F2NS3. The summed E-state index contributed by atoms with van der Waals surface area (Å²) in [6.45, 7) is 0. The van der Waals surface area contributed by atoms with Gasteiger partial charge in [0.1, 0.15) is 11.6 Å². The molecule has 0 saturated carbocycles. The lowest BCUT2D eigenvalue weighted by Gasteiger charge is -2.18. The van der Waals surface area contributed by atoms with E-state index in [2.05, 4.69) is 5.32 Å². The topological polar surface area (TPSA) is 12.0 Å². The second kappa shape index (κ2) is 9.88. The van der Waals surface area contributed by atoms with Crippen LogP contribution in [0.2, 0.25) is 0 Å². The summed E-state index contributed by atoms with van der Waals surface area (Å²) in [6.07, 6.45) is 0.619. The molecule has 0 heterocycles. The summed E-state index contributed by atoms with van der Waals surface area (Å²) in [4.78, 5) is 2.63. The molecule has 27 heavy (non-hydrogen) atoms. The van der Waals surface area contributed by atoms with E-state index in [1.165, 1.54) is 24.3 Å². The van der Waals surface area contributed by atoms with Crippen LogP contribution in [-0.4, -0.2) is 9.57 Å². The molecule has 0 bridgehead atoms. The molecule has 3 aromatic rings. The van der Waals surface area contributed by atoms with Crippen molar-refractivity contribution in [3.05, 3.63) is 90.5 Å². The molecule has 0 aliphatic heterocycles. The number of hydrogen-bond acceptors (Lipinski definition) is 3. The summed E-state index contributed by atoms with van der Waals surface area (Å²) in [5, 5.41) is 3.25. The summed E-state index contributed by atoms with van der Waals surface area (Å²) in [7, 11) is 0. The molecule has 1 N–H and O–H groups in total. The molecule has 3 aromatic carbocycles. The fraction of sp³-hybridized carbons (Fsp3) is 0.0952. The lowest BCUT2D eigenvalue weighted by Crippen LogP contribution is -2.14. The number of nitrogens with one attached hydrogen (secondary N) is 1. The monoisotopic (exact) mass is 417 g/mol. The van der Waals surface area contributed by atoms with E-state index in [0.29, 0.717) is 6.42 Å². The molecule has 0 radical (unpaired) electrons. The van der Waals surface area contributed by atoms with Gasteiger partial charge in [0, 0.05) is 21.9 Å². The molecule has 3 rings (SSSR count). The van der Waals surface area contributed by atoms with Crippen LogP contribution in [-0.2, 0) is 0 Å². The minimum Gasteiger partial charge on any atom is -0.350 e. The van der Waals surface area contributed by atoms with Gasteiger partial charge in [-0.15, -0.1) is 23.5 Å². The Bertz CT molecular complexity index is 821. The van der Waals surface area contributed by atoms with Crippen molar-refractivity contribution in [2.24, 2.45) is 0 Å². The number of rotatable bonds is 7. The van der Waals surface area contributed by atoms with E-state index in [-0.39, 0.29) is 16.2 Å². The maximum Gasteiger partial charge on any atom is 0.123 e. The fourth-order valence-corrected chi connectivity index (χ4v) is 5.37. The summed E-state index contributed by atoms with van der Waals surface area (Å²) in [5.41, 5.74) is 0.944. The van der Waals surface area contributed by atoms with Gasteiger partial charge in [-0.25, -0.2) is 8.78 Å². The summed E-state index contributed by atoms with van der Waals surface area (Å²) < 4.78 is 26.4. The number of para-hydroxylation sites is 1. The minimum atomic E-state index is -0.261. The van der Waals surface area contributed by atoms with Gasteiger partial charge in [0.25, 0.3) is 0 Å². The van der Waals surface area contributed by atoms with Gasteiger partial charge in [-0.3, -0.25) is 0 Å². The highest BCUT2D eigenvalue weighted by Crippen LogP contribution is 2.38. The number of hydrogen-bond donors (Lipinski definition) is 1. The third kappa shape index (κ3) is 6.65. The standard InChI is InChI=1S/C21H17F2NS3/c22-15-6-10-18(11-7-15)26-21(27-19-12-8-16(23)9-13-19)14-20(25)24-17-4-2-1-3-5-17/h1-13,21H,14H2,(H,24,25). The van der Waals surface area contributed by atoms with E-state index in [1.54, 1.807) is 47.8 Å². The van der Waals surface area contributed by atoms with Gasteiger partial charge in [-0.2, -0.15) is 0 Å². The number of benzene rings is 3. The Hall–Kier alpha value is -1.89. The van der Waals surface area contributed by atoms with Crippen LogP contribution in [0.25, 0.3) is 0 Å². The van der Waals surface area contributed by atoms with Gasteiger partial charge in [0.15, 0.2) is 0 Å². The average Bonchev–Trinajstić information content (AvgIpc) is 2.66. The van der Waals surface area contributed by atoms with Gasteiger partial charge in [0.2, 0.25) is 0 Å². The first kappa shape index (κ1) is 19.9. The van der Waals surface area contributed by atoms with Crippen LogP contribution < -0.4 is 5.32 Å². The number of thioether (sulfide) groups is 2. The van der Waals surface area contributed by atoms with Crippen molar-refractivity contribution in [1.82, 2.24) is 0 Å². The number of anilines is 1. The molecule has 0 unspecified atom stereocenters. The maximum atomic E-state index is 13.2. The van der Waals surface area contributed by atoms with Gasteiger partial charge in [-0.1, -0.05) is 30.4 Å². The number of halogens is 2. The van der Waals surface area contributed by atoms with Crippen LogP contribution in [0.5, 0.6) is 0 Å². The molecule has 0 spiro atoms. The van der Waals surface area contributed by atoms with Crippen molar-refractivity contribution in [2.45, 2.75) is 20.8 Å². The largest absolute Gasteiger partial charge is 0.350 e. The second-order valence-electron chi connectivity index (χ2n) is 5.69. The van der Waals surface area contributed by atoms with E-state index >= 15 is 0 Å². The highest BCUT2D eigenvalue weighted by Gasteiger charge is 2.16. The molecule has 0 aromatic heterocycles. The first-order chi connectivity index (χ1) is 13.1. The zero-order valence-electron chi connectivity index (χ0n) is 14.3. The van der Waals surface area contributed by atoms with E-state index in [0.717, 1.165) is 20.5 Å². The van der Waals surface area contributed by atoms with Crippen molar-refractivity contribution in [2.75, 3.05) is 5.32 Å². The molecule has 1 nitrogen and oxygen atoms in total. The normalized spacial score (nSPS) is 10.8. The van der Waals surface area contributed by atoms with Crippen molar-refractivity contribution >= 4 is 46.4 Å². The summed E-state index contributed by atoms with van der Waals surface area (Å²) in [6, 6.07) is 22.6. The van der Waals surface area contributed by atoms with Crippen molar-refractivity contribution in [3.8, 4) is 0 Å². The highest BCUT2D eigenvalue weighted by molar-refractivity contribution is 8.17.